The van der Waals surface area contributed by atoms with E-state index in [1.54, 1.807) is 0 Å². The standard InChI is InChI=1S/C9H17N3O3/c1-10-8(13)6-15-9(14)12-7-2-4-11-5-3-7/h7,11H,2-6H2,1H3,(H,10,13)(H,12,14). The quantitative estimate of drug-likeness (QED) is 0.576. The van der Waals surface area contributed by atoms with Gasteiger partial charge < -0.3 is 20.7 Å². The number of carbonyl (C=O) groups is 2. The summed E-state index contributed by atoms with van der Waals surface area (Å²) in [6, 6.07) is 0.156. The van der Waals surface area contributed by atoms with Crippen molar-refractivity contribution in [2.45, 2.75) is 18.9 Å². The molecule has 3 N–H and O–H groups in total. The molecule has 0 bridgehead atoms. The fourth-order valence-corrected chi connectivity index (χ4v) is 1.38. The molecule has 0 unspecified atom stereocenters. The maximum atomic E-state index is 11.2. The van der Waals surface area contributed by atoms with E-state index in [9.17, 15) is 9.59 Å². The lowest BCUT2D eigenvalue weighted by molar-refractivity contribution is -0.123. The highest BCUT2D eigenvalue weighted by Crippen LogP contribution is 2.01. The maximum Gasteiger partial charge on any atom is 0.407 e. The van der Waals surface area contributed by atoms with Gasteiger partial charge in [-0.1, -0.05) is 0 Å². The summed E-state index contributed by atoms with van der Waals surface area (Å²) in [6.45, 7) is 1.58. The zero-order chi connectivity index (χ0) is 11.1. The summed E-state index contributed by atoms with van der Waals surface area (Å²) < 4.78 is 4.71. The van der Waals surface area contributed by atoms with Crippen LogP contribution < -0.4 is 16.0 Å². The molecular formula is C9H17N3O3. The molecule has 1 heterocycles. The molecule has 0 aromatic rings. The van der Waals surface area contributed by atoms with Gasteiger partial charge in [0.2, 0.25) is 0 Å². The molecule has 6 heteroatoms. The molecule has 2 amide bonds. The van der Waals surface area contributed by atoms with Crippen molar-refractivity contribution in [2.75, 3.05) is 26.7 Å². The van der Waals surface area contributed by atoms with E-state index in [1.165, 1.54) is 7.05 Å². The molecule has 1 aliphatic heterocycles. The minimum absolute atomic E-state index is 0.156. The van der Waals surface area contributed by atoms with Gasteiger partial charge in [-0.15, -0.1) is 0 Å². The van der Waals surface area contributed by atoms with Crippen LogP contribution in [-0.4, -0.2) is 44.8 Å². The minimum atomic E-state index is -0.523. The summed E-state index contributed by atoms with van der Waals surface area (Å²) in [5.41, 5.74) is 0. The number of alkyl carbamates (subject to hydrolysis) is 1. The predicted molar refractivity (Wildman–Crippen MR) is 54.4 cm³/mol. The van der Waals surface area contributed by atoms with Crippen LogP contribution in [0.25, 0.3) is 0 Å². The van der Waals surface area contributed by atoms with Crippen molar-refractivity contribution in [2.24, 2.45) is 0 Å². The van der Waals surface area contributed by atoms with Gasteiger partial charge in [0.25, 0.3) is 5.91 Å². The predicted octanol–water partition coefficient (Wildman–Crippen LogP) is -0.789. The number of amides is 2. The Kier molecular flexibility index (Phi) is 4.89. The summed E-state index contributed by atoms with van der Waals surface area (Å²) in [6.07, 6.45) is 1.27. The van der Waals surface area contributed by atoms with Crippen molar-refractivity contribution in [3.05, 3.63) is 0 Å². The lowest BCUT2D eigenvalue weighted by atomic mass is 10.1. The topological polar surface area (TPSA) is 79.5 Å². The second-order valence-electron chi connectivity index (χ2n) is 3.42. The van der Waals surface area contributed by atoms with Crippen molar-refractivity contribution >= 4 is 12.0 Å². The molecule has 0 aliphatic carbocycles. The normalized spacial score (nSPS) is 16.9. The third-order valence-corrected chi connectivity index (χ3v) is 2.27. The summed E-state index contributed by atoms with van der Waals surface area (Å²) >= 11 is 0. The summed E-state index contributed by atoms with van der Waals surface area (Å²) in [4.78, 5) is 22.0. The first-order chi connectivity index (χ1) is 7.22. The SMILES string of the molecule is CNC(=O)COC(=O)NC1CCNCC1. The molecule has 0 spiro atoms. The monoisotopic (exact) mass is 215 g/mol. The van der Waals surface area contributed by atoms with Gasteiger partial charge in [0.05, 0.1) is 0 Å². The fourth-order valence-electron chi connectivity index (χ4n) is 1.38. The van der Waals surface area contributed by atoms with Crippen LogP contribution in [-0.2, 0) is 9.53 Å². The van der Waals surface area contributed by atoms with E-state index in [4.69, 9.17) is 4.74 Å². The third-order valence-electron chi connectivity index (χ3n) is 2.27. The Labute approximate surface area is 88.7 Å². The van der Waals surface area contributed by atoms with E-state index in [1.807, 2.05) is 0 Å². The molecule has 15 heavy (non-hydrogen) atoms. The first-order valence-electron chi connectivity index (χ1n) is 5.07. The summed E-state index contributed by atoms with van der Waals surface area (Å²) in [7, 11) is 1.50. The third kappa shape index (κ3) is 4.64. The van der Waals surface area contributed by atoms with Gasteiger partial charge in [-0.3, -0.25) is 4.79 Å². The van der Waals surface area contributed by atoms with Crippen molar-refractivity contribution in [1.29, 1.82) is 0 Å². The second kappa shape index (κ2) is 6.23. The Morgan fingerprint density at radius 2 is 2.07 bits per heavy atom. The zero-order valence-corrected chi connectivity index (χ0v) is 8.84. The van der Waals surface area contributed by atoms with Gasteiger partial charge in [-0.25, -0.2) is 4.79 Å². The highest BCUT2D eigenvalue weighted by molar-refractivity contribution is 5.79. The Bertz CT molecular complexity index is 227. The number of hydrogen-bond acceptors (Lipinski definition) is 4. The number of ether oxygens (including phenoxy) is 1. The van der Waals surface area contributed by atoms with Crippen LogP contribution in [0.5, 0.6) is 0 Å². The first kappa shape index (κ1) is 11.8. The Morgan fingerprint density at radius 3 is 2.67 bits per heavy atom. The van der Waals surface area contributed by atoms with Gasteiger partial charge in [0.1, 0.15) is 0 Å². The first-order valence-corrected chi connectivity index (χ1v) is 5.07. The number of rotatable bonds is 3. The largest absolute Gasteiger partial charge is 0.439 e. The molecule has 0 atom stereocenters. The molecule has 1 aliphatic rings. The number of nitrogens with one attached hydrogen (secondary N) is 3. The number of likely N-dealkylation sites (N-methyl/N-ethyl adjacent to an activating group) is 1. The van der Waals surface area contributed by atoms with Crippen molar-refractivity contribution < 1.29 is 14.3 Å². The molecule has 0 saturated carbocycles. The molecule has 0 aromatic heterocycles. The van der Waals surface area contributed by atoms with Crippen LogP contribution in [0.1, 0.15) is 12.8 Å². The van der Waals surface area contributed by atoms with Crippen molar-refractivity contribution in [3.63, 3.8) is 0 Å². The maximum absolute atomic E-state index is 11.2. The zero-order valence-electron chi connectivity index (χ0n) is 8.84. The van der Waals surface area contributed by atoms with E-state index in [0.717, 1.165) is 25.9 Å². The van der Waals surface area contributed by atoms with E-state index >= 15 is 0 Å². The fraction of sp³-hybridized carbons (Fsp3) is 0.778. The Morgan fingerprint density at radius 1 is 1.40 bits per heavy atom. The average molecular weight is 215 g/mol. The number of piperidine rings is 1. The molecule has 0 radical (unpaired) electrons. The van der Waals surface area contributed by atoms with Crippen molar-refractivity contribution in [3.8, 4) is 0 Å². The van der Waals surface area contributed by atoms with Gasteiger partial charge >= 0.3 is 6.09 Å². The molecule has 0 aromatic carbocycles. The van der Waals surface area contributed by atoms with E-state index in [0.29, 0.717) is 0 Å². The average Bonchev–Trinajstić information content (AvgIpc) is 2.27. The van der Waals surface area contributed by atoms with Crippen LogP contribution in [0.2, 0.25) is 0 Å². The highest BCUT2D eigenvalue weighted by atomic mass is 16.6. The van der Waals surface area contributed by atoms with Gasteiger partial charge in [0.15, 0.2) is 6.61 Å². The lowest BCUT2D eigenvalue weighted by Gasteiger charge is -2.23. The van der Waals surface area contributed by atoms with Crippen molar-refractivity contribution in [1.82, 2.24) is 16.0 Å². The molecule has 1 fully saturated rings. The van der Waals surface area contributed by atoms with Crippen LogP contribution in [0.15, 0.2) is 0 Å². The second-order valence-corrected chi connectivity index (χ2v) is 3.42. The Balaban J connectivity index is 2.14. The summed E-state index contributed by atoms with van der Waals surface area (Å²) in [5.74, 6) is -0.310. The van der Waals surface area contributed by atoms with Crippen LogP contribution in [0.3, 0.4) is 0 Å². The van der Waals surface area contributed by atoms with E-state index < -0.39 is 6.09 Å². The molecule has 1 rings (SSSR count). The lowest BCUT2D eigenvalue weighted by Crippen LogP contribution is -2.43. The number of carbonyl (C=O) groups excluding carboxylic acids is 2. The van der Waals surface area contributed by atoms with E-state index in [-0.39, 0.29) is 18.6 Å². The van der Waals surface area contributed by atoms with Crippen LogP contribution in [0, 0.1) is 0 Å². The minimum Gasteiger partial charge on any atom is -0.439 e. The molecule has 86 valence electrons. The number of hydrogen-bond donors (Lipinski definition) is 3. The smallest absolute Gasteiger partial charge is 0.407 e. The van der Waals surface area contributed by atoms with Crippen LogP contribution >= 0.6 is 0 Å². The van der Waals surface area contributed by atoms with Crippen LogP contribution in [0.4, 0.5) is 4.79 Å². The Hall–Kier alpha value is -1.30. The molecule has 6 nitrogen and oxygen atoms in total. The molecule has 1 saturated heterocycles. The summed E-state index contributed by atoms with van der Waals surface area (Å²) in [5, 5.41) is 8.28. The van der Waals surface area contributed by atoms with Gasteiger partial charge in [-0.2, -0.15) is 0 Å². The van der Waals surface area contributed by atoms with Gasteiger partial charge in [-0.05, 0) is 25.9 Å². The van der Waals surface area contributed by atoms with Gasteiger partial charge in [0, 0.05) is 13.1 Å². The van der Waals surface area contributed by atoms with E-state index in [2.05, 4.69) is 16.0 Å². The highest BCUT2D eigenvalue weighted by Gasteiger charge is 2.16. The molecular weight excluding hydrogens is 198 g/mol.